The normalized spacial score (nSPS) is 9.50. The molecule has 0 atom stereocenters. The van der Waals surface area contributed by atoms with Gasteiger partial charge in [-0.25, -0.2) is 4.79 Å². The zero-order chi connectivity index (χ0) is 11.8. The van der Waals surface area contributed by atoms with Crippen molar-refractivity contribution in [3.05, 3.63) is 35.9 Å². The van der Waals surface area contributed by atoms with Crippen molar-refractivity contribution in [2.75, 3.05) is 6.61 Å². The van der Waals surface area contributed by atoms with E-state index in [9.17, 15) is 9.59 Å². The molecule has 0 radical (unpaired) electrons. The maximum atomic E-state index is 11.0. The van der Waals surface area contributed by atoms with Crippen LogP contribution in [0.1, 0.15) is 12.0 Å². The maximum absolute atomic E-state index is 11.0. The number of hydrogen-bond donors (Lipinski definition) is 1. The van der Waals surface area contributed by atoms with Crippen LogP contribution in [0.25, 0.3) is 0 Å². The Morgan fingerprint density at radius 2 is 1.81 bits per heavy atom. The van der Waals surface area contributed by atoms with Gasteiger partial charge in [-0.2, -0.15) is 0 Å². The number of hydrogen-bond acceptors (Lipinski definition) is 4. The second kappa shape index (κ2) is 6.44. The second-order valence-corrected chi connectivity index (χ2v) is 3.02. The molecule has 0 aliphatic rings. The van der Waals surface area contributed by atoms with Crippen molar-refractivity contribution in [3.63, 3.8) is 0 Å². The van der Waals surface area contributed by atoms with Crippen LogP contribution in [0.4, 0.5) is 4.79 Å². The van der Waals surface area contributed by atoms with Crippen molar-refractivity contribution in [3.8, 4) is 0 Å². The van der Waals surface area contributed by atoms with Crippen LogP contribution in [0.3, 0.4) is 0 Å². The highest BCUT2D eigenvalue weighted by molar-refractivity contribution is 5.67. The van der Waals surface area contributed by atoms with Gasteiger partial charge in [-0.1, -0.05) is 30.3 Å². The molecule has 1 aromatic rings. The highest BCUT2D eigenvalue weighted by Gasteiger charge is 2.05. The molecule has 0 saturated heterocycles. The van der Waals surface area contributed by atoms with Crippen molar-refractivity contribution in [1.29, 1.82) is 0 Å². The van der Waals surface area contributed by atoms with Gasteiger partial charge in [0.15, 0.2) is 0 Å². The van der Waals surface area contributed by atoms with E-state index in [-0.39, 0.29) is 19.6 Å². The van der Waals surface area contributed by atoms with Gasteiger partial charge in [0.05, 0.1) is 6.42 Å². The number of carboxylic acid groups (broad SMARTS) is 1. The second-order valence-electron chi connectivity index (χ2n) is 3.02. The molecule has 1 N–H and O–H groups in total. The van der Waals surface area contributed by atoms with Crippen LogP contribution >= 0.6 is 0 Å². The van der Waals surface area contributed by atoms with Crippen LogP contribution < -0.4 is 0 Å². The van der Waals surface area contributed by atoms with E-state index < -0.39 is 12.1 Å². The minimum atomic E-state index is -1.02. The molecule has 16 heavy (non-hydrogen) atoms. The number of ether oxygens (including phenoxy) is 2. The molecular formula is C11H12O5. The number of benzene rings is 1. The molecule has 5 heteroatoms. The molecule has 0 aliphatic carbocycles. The molecule has 0 spiro atoms. The molecule has 1 aromatic carbocycles. The molecule has 5 nitrogen and oxygen atoms in total. The number of rotatable bonds is 5. The van der Waals surface area contributed by atoms with Crippen molar-refractivity contribution in [1.82, 2.24) is 0 Å². The number of carbonyl (C=O) groups is 2. The Morgan fingerprint density at radius 3 is 2.44 bits per heavy atom. The van der Waals surface area contributed by atoms with Crippen LogP contribution in [0.2, 0.25) is 0 Å². The third-order valence-electron chi connectivity index (χ3n) is 1.74. The maximum Gasteiger partial charge on any atom is 0.508 e. The summed E-state index contributed by atoms with van der Waals surface area (Å²) in [7, 11) is 0. The van der Waals surface area contributed by atoms with E-state index in [0.29, 0.717) is 0 Å². The predicted molar refractivity (Wildman–Crippen MR) is 54.8 cm³/mol. The van der Waals surface area contributed by atoms with E-state index in [1.54, 1.807) is 0 Å². The fourth-order valence-corrected chi connectivity index (χ4v) is 0.980. The fourth-order valence-electron chi connectivity index (χ4n) is 0.980. The zero-order valence-corrected chi connectivity index (χ0v) is 8.59. The molecule has 0 fully saturated rings. The number of carbonyl (C=O) groups excluding carboxylic acids is 1. The molecule has 0 unspecified atom stereocenters. The molecule has 0 heterocycles. The summed E-state index contributed by atoms with van der Waals surface area (Å²) in [5.41, 5.74) is 0.845. The molecule has 0 saturated carbocycles. The van der Waals surface area contributed by atoms with E-state index >= 15 is 0 Å². The first-order chi connectivity index (χ1) is 7.68. The highest BCUT2D eigenvalue weighted by Crippen LogP contribution is 2.01. The fraction of sp³-hybridized carbons (Fsp3) is 0.273. The molecule has 0 aliphatic heterocycles. The monoisotopic (exact) mass is 224 g/mol. The summed E-state index contributed by atoms with van der Waals surface area (Å²) in [6.45, 7) is -0.0598. The minimum Gasteiger partial charge on any atom is -0.481 e. The topological polar surface area (TPSA) is 72.8 Å². The quantitative estimate of drug-likeness (QED) is 0.772. The first-order valence-electron chi connectivity index (χ1n) is 4.74. The van der Waals surface area contributed by atoms with E-state index in [2.05, 4.69) is 4.74 Å². The van der Waals surface area contributed by atoms with Gasteiger partial charge in [0.1, 0.15) is 13.2 Å². The first-order valence-corrected chi connectivity index (χ1v) is 4.74. The average Bonchev–Trinajstić information content (AvgIpc) is 2.27. The predicted octanol–water partition coefficient (Wildman–Crippen LogP) is 1.81. The van der Waals surface area contributed by atoms with Gasteiger partial charge >= 0.3 is 12.1 Å². The Balaban J connectivity index is 2.18. The Labute approximate surface area is 92.6 Å². The zero-order valence-electron chi connectivity index (χ0n) is 8.59. The molecule has 0 amide bonds. The standard InChI is InChI=1S/C11H12O5/c12-10(13)6-7-15-11(14)16-8-9-4-2-1-3-5-9/h1-5H,6-8H2,(H,12,13). The third kappa shape index (κ3) is 4.99. The van der Waals surface area contributed by atoms with Gasteiger partial charge in [-0.05, 0) is 5.56 Å². The Hall–Kier alpha value is -2.04. The average molecular weight is 224 g/mol. The summed E-state index contributed by atoms with van der Waals surface area (Å²) < 4.78 is 9.29. The van der Waals surface area contributed by atoms with Gasteiger partial charge in [0, 0.05) is 0 Å². The van der Waals surface area contributed by atoms with E-state index in [4.69, 9.17) is 9.84 Å². The summed E-state index contributed by atoms with van der Waals surface area (Å²) in [6, 6.07) is 9.13. The number of carboxylic acids is 1. The largest absolute Gasteiger partial charge is 0.508 e. The lowest BCUT2D eigenvalue weighted by Crippen LogP contribution is -2.10. The first kappa shape index (κ1) is 12.0. The van der Waals surface area contributed by atoms with Gasteiger partial charge in [-0.3, -0.25) is 4.79 Å². The third-order valence-corrected chi connectivity index (χ3v) is 1.74. The van der Waals surface area contributed by atoms with Crippen LogP contribution in [0, 0.1) is 0 Å². The molecule has 0 aromatic heterocycles. The summed E-state index contributed by atoms with van der Waals surface area (Å²) in [6.07, 6.45) is -1.08. The summed E-state index contributed by atoms with van der Waals surface area (Å²) in [5.74, 6) is -1.02. The minimum absolute atomic E-state index is 0.118. The highest BCUT2D eigenvalue weighted by atomic mass is 16.7. The summed E-state index contributed by atoms with van der Waals surface area (Å²) in [4.78, 5) is 21.1. The molecule has 86 valence electrons. The van der Waals surface area contributed by atoms with Crippen molar-refractivity contribution >= 4 is 12.1 Å². The summed E-state index contributed by atoms with van der Waals surface area (Å²) >= 11 is 0. The van der Waals surface area contributed by atoms with E-state index in [0.717, 1.165) is 5.56 Å². The SMILES string of the molecule is O=C(O)CCOC(=O)OCc1ccccc1. The lowest BCUT2D eigenvalue weighted by molar-refractivity contribution is -0.137. The van der Waals surface area contributed by atoms with E-state index in [1.165, 1.54) is 0 Å². The molecule has 1 rings (SSSR count). The van der Waals surface area contributed by atoms with Gasteiger partial charge < -0.3 is 14.6 Å². The van der Waals surface area contributed by atoms with Crippen LogP contribution in [-0.4, -0.2) is 23.8 Å². The van der Waals surface area contributed by atoms with Gasteiger partial charge in [0.25, 0.3) is 0 Å². The van der Waals surface area contributed by atoms with Crippen LogP contribution in [0.15, 0.2) is 30.3 Å². The molecule has 0 bridgehead atoms. The van der Waals surface area contributed by atoms with E-state index in [1.807, 2.05) is 30.3 Å². The van der Waals surface area contributed by atoms with Crippen molar-refractivity contribution in [2.45, 2.75) is 13.0 Å². The lowest BCUT2D eigenvalue weighted by atomic mass is 10.2. The van der Waals surface area contributed by atoms with Gasteiger partial charge in [0.2, 0.25) is 0 Å². The molecular weight excluding hydrogens is 212 g/mol. The van der Waals surface area contributed by atoms with Gasteiger partial charge in [-0.15, -0.1) is 0 Å². The van der Waals surface area contributed by atoms with Crippen molar-refractivity contribution in [2.24, 2.45) is 0 Å². The Bertz CT molecular complexity index is 347. The Morgan fingerprint density at radius 1 is 1.12 bits per heavy atom. The van der Waals surface area contributed by atoms with Crippen LogP contribution in [0.5, 0.6) is 0 Å². The number of aliphatic carboxylic acids is 1. The summed E-state index contributed by atoms with van der Waals surface area (Å²) in [5, 5.41) is 8.30. The lowest BCUT2D eigenvalue weighted by Gasteiger charge is -2.04. The van der Waals surface area contributed by atoms with Crippen LogP contribution in [-0.2, 0) is 20.9 Å². The Kier molecular flexibility index (Phi) is 4.85. The smallest absolute Gasteiger partial charge is 0.481 e. The van der Waals surface area contributed by atoms with Crippen molar-refractivity contribution < 1.29 is 24.2 Å².